The van der Waals surface area contributed by atoms with Crippen LogP contribution in [0.5, 0.6) is 0 Å². The van der Waals surface area contributed by atoms with Crippen LogP contribution in [0.4, 0.5) is 5.69 Å². The third-order valence-corrected chi connectivity index (χ3v) is 7.18. The van der Waals surface area contributed by atoms with E-state index < -0.39 is 16.0 Å². The van der Waals surface area contributed by atoms with Crippen LogP contribution >= 0.6 is 27.3 Å². The number of benzene rings is 1. The third-order valence-electron chi connectivity index (χ3n) is 3.27. The highest BCUT2D eigenvalue weighted by molar-refractivity contribution is 9.11. The predicted octanol–water partition coefficient (Wildman–Crippen LogP) is 2.96. The second-order valence-electron chi connectivity index (χ2n) is 4.53. The molecule has 8 heteroatoms. The van der Waals surface area contributed by atoms with Crippen molar-refractivity contribution < 1.29 is 18.3 Å². The lowest BCUT2D eigenvalue weighted by Gasteiger charge is -2.18. The van der Waals surface area contributed by atoms with Crippen molar-refractivity contribution in [2.75, 3.05) is 10.8 Å². The molecule has 0 saturated heterocycles. The monoisotopic (exact) mass is 387 g/mol. The number of hydrogen-bond donors (Lipinski definition) is 1. The van der Waals surface area contributed by atoms with E-state index >= 15 is 0 Å². The molecule has 1 aliphatic heterocycles. The maximum atomic E-state index is 12.6. The lowest BCUT2D eigenvalue weighted by molar-refractivity contribution is 0.0697. The number of fused-ring (bicyclic) bond motifs is 1. The Bertz CT molecular complexity index is 828. The van der Waals surface area contributed by atoms with Crippen LogP contribution in [0.1, 0.15) is 15.9 Å². The Morgan fingerprint density at radius 1 is 1.29 bits per heavy atom. The first-order chi connectivity index (χ1) is 9.89. The molecule has 3 rings (SSSR count). The molecule has 21 heavy (non-hydrogen) atoms. The van der Waals surface area contributed by atoms with Crippen molar-refractivity contribution in [3.05, 3.63) is 45.2 Å². The number of sulfonamides is 1. The van der Waals surface area contributed by atoms with Crippen LogP contribution in [0.25, 0.3) is 0 Å². The summed E-state index contributed by atoms with van der Waals surface area (Å²) in [5.74, 6) is -1.01. The first-order valence-electron chi connectivity index (χ1n) is 6.04. The Balaban J connectivity index is 2.03. The van der Waals surface area contributed by atoms with Gasteiger partial charge in [-0.1, -0.05) is 0 Å². The molecule has 0 amide bonds. The first-order valence-corrected chi connectivity index (χ1v) is 9.09. The van der Waals surface area contributed by atoms with Crippen molar-refractivity contribution in [1.29, 1.82) is 0 Å². The van der Waals surface area contributed by atoms with Gasteiger partial charge in [-0.05, 0) is 58.2 Å². The molecule has 0 bridgehead atoms. The van der Waals surface area contributed by atoms with E-state index in [0.29, 0.717) is 18.7 Å². The molecule has 2 heterocycles. The standard InChI is InChI=1S/C13H10BrNO4S2/c14-11-3-4-12(20-11)21(18,19)15-6-5-8-7-9(13(16)17)1-2-10(8)15/h1-4,7H,5-6H2,(H,16,17). The number of hydrogen-bond acceptors (Lipinski definition) is 4. The highest BCUT2D eigenvalue weighted by atomic mass is 79.9. The largest absolute Gasteiger partial charge is 0.478 e. The molecule has 1 aliphatic rings. The summed E-state index contributed by atoms with van der Waals surface area (Å²) >= 11 is 4.42. The minimum absolute atomic E-state index is 0.173. The summed E-state index contributed by atoms with van der Waals surface area (Å²) in [7, 11) is -3.59. The van der Waals surface area contributed by atoms with Gasteiger partial charge in [-0.2, -0.15) is 0 Å². The smallest absolute Gasteiger partial charge is 0.335 e. The number of aromatic carboxylic acids is 1. The van der Waals surface area contributed by atoms with Crippen LogP contribution < -0.4 is 4.31 Å². The molecule has 0 atom stereocenters. The van der Waals surface area contributed by atoms with Crippen LogP contribution in [0.2, 0.25) is 0 Å². The van der Waals surface area contributed by atoms with E-state index in [1.807, 2.05) is 0 Å². The SMILES string of the molecule is O=C(O)c1ccc2c(c1)CCN2S(=O)(=O)c1ccc(Br)s1. The molecule has 0 unspecified atom stereocenters. The van der Waals surface area contributed by atoms with Gasteiger partial charge in [0.25, 0.3) is 10.0 Å². The van der Waals surface area contributed by atoms with E-state index in [9.17, 15) is 13.2 Å². The van der Waals surface area contributed by atoms with Crippen molar-refractivity contribution in [3.63, 3.8) is 0 Å². The van der Waals surface area contributed by atoms with Crippen molar-refractivity contribution in [1.82, 2.24) is 0 Å². The molecular formula is C13H10BrNO4S2. The summed E-state index contributed by atoms with van der Waals surface area (Å²) in [5, 5.41) is 8.99. The highest BCUT2D eigenvalue weighted by Crippen LogP contribution is 2.36. The minimum atomic E-state index is -3.59. The van der Waals surface area contributed by atoms with Gasteiger partial charge in [0.15, 0.2) is 0 Å². The zero-order valence-corrected chi connectivity index (χ0v) is 13.8. The normalized spacial score (nSPS) is 14.2. The van der Waals surface area contributed by atoms with Gasteiger partial charge in [0.05, 0.1) is 15.0 Å². The summed E-state index contributed by atoms with van der Waals surface area (Å²) in [6.45, 7) is 0.330. The predicted molar refractivity (Wildman–Crippen MR) is 83.7 cm³/mol. The number of carbonyl (C=O) groups is 1. The summed E-state index contributed by atoms with van der Waals surface area (Å²) in [6.07, 6.45) is 0.516. The fourth-order valence-electron chi connectivity index (χ4n) is 2.30. The molecular weight excluding hydrogens is 378 g/mol. The molecule has 1 N–H and O–H groups in total. The van der Waals surface area contributed by atoms with E-state index in [4.69, 9.17) is 5.11 Å². The van der Waals surface area contributed by atoms with Crippen LogP contribution in [0, 0.1) is 0 Å². The average Bonchev–Trinajstić information content (AvgIpc) is 3.04. The van der Waals surface area contributed by atoms with Crippen LogP contribution in [-0.4, -0.2) is 26.0 Å². The Hall–Kier alpha value is -1.38. The second kappa shape index (κ2) is 5.11. The zero-order valence-electron chi connectivity index (χ0n) is 10.6. The van der Waals surface area contributed by atoms with Gasteiger partial charge < -0.3 is 5.11 Å². The number of anilines is 1. The molecule has 2 aromatic rings. The van der Waals surface area contributed by atoms with Gasteiger partial charge in [-0.3, -0.25) is 4.31 Å². The molecule has 110 valence electrons. The Morgan fingerprint density at radius 2 is 2.05 bits per heavy atom. The van der Waals surface area contributed by atoms with Crippen LogP contribution in [0.15, 0.2) is 38.3 Å². The number of nitrogens with zero attached hydrogens (tertiary/aromatic N) is 1. The van der Waals surface area contributed by atoms with Crippen molar-refractivity contribution in [3.8, 4) is 0 Å². The van der Waals surface area contributed by atoms with E-state index in [2.05, 4.69) is 15.9 Å². The zero-order chi connectivity index (χ0) is 15.2. The van der Waals surface area contributed by atoms with Crippen LogP contribution in [0.3, 0.4) is 0 Å². The van der Waals surface area contributed by atoms with Crippen LogP contribution in [-0.2, 0) is 16.4 Å². The van der Waals surface area contributed by atoms with Gasteiger partial charge >= 0.3 is 5.97 Å². The number of halogens is 1. The topological polar surface area (TPSA) is 74.7 Å². The van der Waals surface area contributed by atoms with E-state index in [0.717, 1.165) is 20.7 Å². The summed E-state index contributed by atoms with van der Waals surface area (Å²) in [4.78, 5) is 11.0. The Labute approximate surface area is 134 Å². The van der Waals surface area contributed by atoms with Crippen molar-refractivity contribution in [2.45, 2.75) is 10.6 Å². The molecule has 0 fully saturated rings. The molecule has 0 aliphatic carbocycles. The van der Waals surface area contributed by atoms with Gasteiger partial charge in [0, 0.05) is 6.54 Å². The van der Waals surface area contributed by atoms with Crippen molar-refractivity contribution >= 4 is 48.9 Å². The number of rotatable bonds is 3. The fourth-order valence-corrected chi connectivity index (χ4v) is 5.93. The average molecular weight is 388 g/mol. The Kier molecular flexibility index (Phi) is 3.54. The minimum Gasteiger partial charge on any atom is -0.478 e. The summed E-state index contributed by atoms with van der Waals surface area (Å²) < 4.78 is 27.6. The number of carboxylic acids is 1. The fraction of sp³-hybridized carbons (Fsp3) is 0.154. The Morgan fingerprint density at radius 3 is 2.67 bits per heavy atom. The van der Waals surface area contributed by atoms with Crippen molar-refractivity contribution in [2.24, 2.45) is 0 Å². The lowest BCUT2D eigenvalue weighted by Crippen LogP contribution is -2.28. The maximum absolute atomic E-state index is 12.6. The third kappa shape index (κ3) is 2.47. The number of carboxylic acid groups (broad SMARTS) is 1. The van der Waals surface area contributed by atoms with Gasteiger partial charge in [-0.25, -0.2) is 13.2 Å². The molecule has 0 radical (unpaired) electrons. The summed E-state index contributed by atoms with van der Waals surface area (Å²) in [5.41, 5.74) is 1.48. The van der Waals surface area contributed by atoms with E-state index in [1.165, 1.54) is 16.4 Å². The summed E-state index contributed by atoms with van der Waals surface area (Å²) in [6, 6.07) is 7.79. The van der Waals surface area contributed by atoms with Gasteiger partial charge in [-0.15, -0.1) is 11.3 Å². The molecule has 1 aromatic carbocycles. The highest BCUT2D eigenvalue weighted by Gasteiger charge is 2.32. The second-order valence-corrected chi connectivity index (χ2v) is 9.09. The van der Waals surface area contributed by atoms with Gasteiger partial charge in [0.1, 0.15) is 4.21 Å². The molecule has 1 aromatic heterocycles. The van der Waals surface area contributed by atoms with Gasteiger partial charge in [0.2, 0.25) is 0 Å². The van der Waals surface area contributed by atoms with E-state index in [1.54, 1.807) is 18.2 Å². The molecule has 0 saturated carbocycles. The molecule has 5 nitrogen and oxygen atoms in total. The quantitative estimate of drug-likeness (QED) is 0.878. The number of thiophene rings is 1. The lowest BCUT2D eigenvalue weighted by atomic mass is 10.1. The maximum Gasteiger partial charge on any atom is 0.335 e. The molecule has 0 spiro atoms. The van der Waals surface area contributed by atoms with E-state index in [-0.39, 0.29) is 9.77 Å². The first kappa shape index (κ1) is 14.6.